The Morgan fingerprint density at radius 3 is 2.66 bits per heavy atom. The van der Waals surface area contributed by atoms with Crippen LogP contribution in [0.5, 0.6) is 5.75 Å². The van der Waals surface area contributed by atoms with E-state index in [2.05, 4.69) is 32.2 Å². The number of H-pyrrole nitrogens is 1. The van der Waals surface area contributed by atoms with Crippen LogP contribution >= 0.6 is 0 Å². The van der Waals surface area contributed by atoms with Gasteiger partial charge in [-0.25, -0.2) is 4.98 Å². The van der Waals surface area contributed by atoms with Gasteiger partial charge >= 0.3 is 11.1 Å². The Morgan fingerprint density at radius 1 is 1.16 bits per heavy atom. The van der Waals surface area contributed by atoms with E-state index < -0.39 is 17.0 Å². The molecule has 0 atom stereocenters. The number of nitrogens with one attached hydrogen (secondary N) is 3. The third-order valence-corrected chi connectivity index (χ3v) is 4.53. The Morgan fingerprint density at radius 2 is 1.94 bits per heavy atom. The van der Waals surface area contributed by atoms with Gasteiger partial charge in [-0.3, -0.25) is 19.0 Å². The van der Waals surface area contributed by atoms with Gasteiger partial charge in [0, 0.05) is 11.4 Å². The summed E-state index contributed by atoms with van der Waals surface area (Å²) < 4.78 is 6.31. The molecule has 0 spiro atoms. The van der Waals surface area contributed by atoms with Crippen molar-refractivity contribution in [3.05, 3.63) is 88.1 Å². The van der Waals surface area contributed by atoms with Gasteiger partial charge in [0.1, 0.15) is 11.3 Å². The highest BCUT2D eigenvalue weighted by atomic mass is 16.5. The average molecular weight is 430 g/mol. The van der Waals surface area contributed by atoms with Crippen molar-refractivity contribution in [3.63, 3.8) is 0 Å². The number of ether oxygens (including phenoxy) is 1. The Labute approximate surface area is 181 Å². The smallest absolute Gasteiger partial charge is 0.322 e. The van der Waals surface area contributed by atoms with Gasteiger partial charge in [-0.15, -0.1) is 0 Å². The van der Waals surface area contributed by atoms with Gasteiger partial charge in [0.05, 0.1) is 19.0 Å². The molecule has 2 aromatic heterocycles. The molecule has 4 rings (SSSR count). The third-order valence-electron chi connectivity index (χ3n) is 4.53. The number of aromatic amines is 1. The Kier molecular flexibility index (Phi) is 5.49. The van der Waals surface area contributed by atoms with Crippen molar-refractivity contribution in [1.82, 2.24) is 19.5 Å². The monoisotopic (exact) mass is 430 g/mol. The van der Waals surface area contributed by atoms with Crippen molar-refractivity contribution in [2.75, 3.05) is 17.7 Å². The number of methoxy groups -OCH3 is 1. The summed E-state index contributed by atoms with van der Waals surface area (Å²) in [5.74, 6) is 0.516. The van der Waals surface area contributed by atoms with Crippen LogP contribution in [-0.4, -0.2) is 32.5 Å². The molecule has 10 nitrogen and oxygen atoms in total. The summed E-state index contributed by atoms with van der Waals surface area (Å²) in [6, 6.07) is 13.6. The van der Waals surface area contributed by atoms with Crippen LogP contribution in [0.2, 0.25) is 0 Å². The molecule has 4 aromatic rings. The molecule has 0 bridgehead atoms. The second-order valence-corrected chi connectivity index (χ2v) is 6.62. The number of aromatic nitrogens is 4. The fraction of sp³-hybridized carbons (Fsp3) is 0.0455. The van der Waals surface area contributed by atoms with E-state index in [4.69, 9.17) is 4.74 Å². The van der Waals surface area contributed by atoms with E-state index in [-0.39, 0.29) is 17.1 Å². The molecule has 32 heavy (non-hydrogen) atoms. The third kappa shape index (κ3) is 4.10. The number of carbonyl (C=O) groups excluding carboxylic acids is 1. The van der Waals surface area contributed by atoms with Crippen molar-refractivity contribution in [1.29, 1.82) is 0 Å². The molecule has 2 heterocycles. The zero-order valence-electron chi connectivity index (χ0n) is 17.0. The zero-order chi connectivity index (χ0) is 22.7. The highest BCUT2D eigenvalue weighted by Gasteiger charge is 2.13. The van der Waals surface area contributed by atoms with Gasteiger partial charge in [0.2, 0.25) is 11.9 Å². The summed E-state index contributed by atoms with van der Waals surface area (Å²) in [4.78, 5) is 47.7. The lowest BCUT2D eigenvalue weighted by Crippen LogP contribution is -2.36. The molecular formula is C22H18N6O4. The topological polar surface area (TPSA) is 131 Å². The first-order valence-corrected chi connectivity index (χ1v) is 9.45. The molecule has 0 radical (unpaired) electrons. The van der Waals surface area contributed by atoms with Crippen molar-refractivity contribution in [2.24, 2.45) is 0 Å². The van der Waals surface area contributed by atoms with Crippen LogP contribution < -0.4 is 26.5 Å². The normalized spacial score (nSPS) is 10.5. The number of rotatable bonds is 6. The maximum absolute atomic E-state index is 12.7. The summed E-state index contributed by atoms with van der Waals surface area (Å²) in [5, 5.41) is 5.68. The quantitative estimate of drug-likeness (QED) is 0.316. The molecule has 10 heteroatoms. The molecule has 0 aliphatic carbocycles. The molecule has 160 valence electrons. The van der Waals surface area contributed by atoms with Gasteiger partial charge in [-0.1, -0.05) is 12.6 Å². The van der Waals surface area contributed by atoms with Crippen LogP contribution in [0.4, 0.5) is 17.3 Å². The van der Waals surface area contributed by atoms with E-state index in [9.17, 15) is 14.4 Å². The second-order valence-electron chi connectivity index (χ2n) is 6.62. The van der Waals surface area contributed by atoms with Crippen LogP contribution in [0.15, 0.2) is 77.0 Å². The number of carbonyl (C=O) groups is 1. The Bertz CT molecular complexity index is 1440. The Hall–Kier alpha value is -4.73. The SMILES string of the molecule is C=CC(=O)Nc1cccc(-n2c(=O)c(=O)[nH]c3cnc(Nc4ccc(OC)cc4)nc32)c1. The number of benzene rings is 2. The van der Waals surface area contributed by atoms with Gasteiger partial charge in [-0.2, -0.15) is 4.98 Å². The van der Waals surface area contributed by atoms with Crippen LogP contribution in [0.1, 0.15) is 0 Å². The summed E-state index contributed by atoms with van der Waals surface area (Å²) in [6.45, 7) is 3.41. The van der Waals surface area contributed by atoms with Crippen molar-refractivity contribution >= 4 is 34.4 Å². The highest BCUT2D eigenvalue weighted by molar-refractivity contribution is 5.99. The molecule has 0 saturated heterocycles. The fourth-order valence-electron chi connectivity index (χ4n) is 3.02. The summed E-state index contributed by atoms with van der Waals surface area (Å²) >= 11 is 0. The van der Waals surface area contributed by atoms with E-state index in [0.29, 0.717) is 22.8 Å². The van der Waals surface area contributed by atoms with Gasteiger partial charge in [-0.05, 0) is 48.5 Å². The number of nitrogens with zero attached hydrogens (tertiary/aromatic N) is 3. The number of hydrogen-bond acceptors (Lipinski definition) is 7. The minimum atomic E-state index is -0.822. The number of hydrogen-bond donors (Lipinski definition) is 3. The van der Waals surface area contributed by atoms with Crippen LogP contribution in [0.25, 0.3) is 16.9 Å². The van der Waals surface area contributed by atoms with Crippen LogP contribution in [0, 0.1) is 0 Å². The van der Waals surface area contributed by atoms with Gasteiger partial charge in [0.15, 0.2) is 5.65 Å². The predicted molar refractivity (Wildman–Crippen MR) is 121 cm³/mol. The van der Waals surface area contributed by atoms with Crippen LogP contribution in [0.3, 0.4) is 0 Å². The lowest BCUT2D eigenvalue weighted by atomic mass is 10.2. The second kappa shape index (κ2) is 8.56. The average Bonchev–Trinajstić information content (AvgIpc) is 2.81. The molecule has 0 unspecified atom stereocenters. The minimum absolute atomic E-state index is 0.188. The fourth-order valence-corrected chi connectivity index (χ4v) is 3.02. The first kappa shape index (κ1) is 20.5. The van der Waals surface area contributed by atoms with Crippen molar-refractivity contribution in [2.45, 2.75) is 0 Å². The van der Waals surface area contributed by atoms with Crippen molar-refractivity contribution in [3.8, 4) is 11.4 Å². The summed E-state index contributed by atoms with van der Waals surface area (Å²) in [5.41, 5.74) is 0.303. The molecule has 3 N–H and O–H groups in total. The molecule has 0 aliphatic rings. The molecule has 2 aromatic carbocycles. The molecular weight excluding hydrogens is 412 g/mol. The van der Waals surface area contributed by atoms with Gasteiger partial charge < -0.3 is 20.4 Å². The zero-order valence-corrected chi connectivity index (χ0v) is 17.0. The lowest BCUT2D eigenvalue weighted by Gasteiger charge is -2.12. The number of anilines is 3. The largest absolute Gasteiger partial charge is 0.497 e. The van der Waals surface area contributed by atoms with Gasteiger partial charge in [0.25, 0.3) is 0 Å². The minimum Gasteiger partial charge on any atom is -0.497 e. The van der Waals surface area contributed by atoms with E-state index in [1.54, 1.807) is 55.6 Å². The Balaban J connectivity index is 1.81. The van der Waals surface area contributed by atoms with E-state index >= 15 is 0 Å². The lowest BCUT2D eigenvalue weighted by molar-refractivity contribution is -0.111. The predicted octanol–water partition coefficient (Wildman–Crippen LogP) is 2.35. The number of fused-ring (bicyclic) bond motifs is 1. The van der Waals surface area contributed by atoms with E-state index in [1.807, 2.05) is 0 Å². The highest BCUT2D eigenvalue weighted by Crippen LogP contribution is 2.20. The molecule has 0 aliphatic heterocycles. The maximum atomic E-state index is 12.7. The molecule has 1 amide bonds. The molecule has 0 saturated carbocycles. The first-order valence-electron chi connectivity index (χ1n) is 9.45. The van der Waals surface area contributed by atoms with E-state index in [1.165, 1.54) is 10.8 Å². The number of amides is 1. The van der Waals surface area contributed by atoms with Crippen LogP contribution in [-0.2, 0) is 4.79 Å². The standard InChI is InChI=1S/C22H18N6O4/c1-3-18(29)24-14-5-4-6-15(11-14)28-19-17(26-20(30)21(28)31)12-23-22(27-19)25-13-7-9-16(32-2)10-8-13/h3-12H,1H2,2H3,(H,24,29)(H,26,30)(H,23,25,27). The molecule has 0 fully saturated rings. The summed E-state index contributed by atoms with van der Waals surface area (Å²) in [7, 11) is 1.58. The van der Waals surface area contributed by atoms with E-state index in [0.717, 1.165) is 6.08 Å². The van der Waals surface area contributed by atoms with Crippen molar-refractivity contribution < 1.29 is 9.53 Å². The summed E-state index contributed by atoms with van der Waals surface area (Å²) in [6.07, 6.45) is 2.54. The first-order chi connectivity index (χ1) is 15.5. The maximum Gasteiger partial charge on any atom is 0.322 e.